The molecule has 0 bridgehead atoms. The molecular formula is C79H105Br5N2O14. The first kappa shape index (κ1) is 87.2. The molecule has 550 valence electrons. The Bertz CT molecular complexity index is 3360. The highest BCUT2D eigenvalue weighted by Crippen LogP contribution is 2.34. The number of esters is 3. The van der Waals surface area contributed by atoms with Gasteiger partial charge in [-0.3, -0.25) is 14.4 Å². The molecule has 21 heteroatoms. The number of halogens is 5. The number of aryl methyl sites for hydroxylation is 4. The van der Waals surface area contributed by atoms with E-state index < -0.39 is 6.10 Å². The molecule has 0 amide bonds. The molecule has 2 fully saturated rings. The molecule has 6 aromatic carbocycles. The second-order valence-corrected chi connectivity index (χ2v) is 29.0. The van der Waals surface area contributed by atoms with Crippen LogP contribution in [0.3, 0.4) is 0 Å². The zero-order valence-corrected chi connectivity index (χ0v) is 67.5. The first-order valence-electron chi connectivity index (χ1n) is 34.5. The standard InChI is InChI=1S/C26H34BrNO3.C14H17BrO4.C13H19N.C11H13BrO3.C11H14O3.C4H8O.Br2/c1-18(29)8-9-19-10-11-24(27)25(14-19)31-17-23(30)16-28-26(2,3)15-20-12-21-6-4-5-7-22(21)13-20;1-2-17-14(16)6-4-10-3-5-12(15)13(7-10)19-9-11-8-18-11;1-13(2,14)9-10-7-11-5-3-4-6-12(11)8-10;1-2-15-11(14)6-4-8-3-5-9(12)10(13)7-8;1-2-14-11(13)7-6-9-4-3-5-10(12)8-9;1-2-4-3-5-4;1-2/h4-7,10-11,14,20,23,28,30H,8-9,12-13,15-17H2,1-3H3;3,5,7,11H,2,4,6,8-9H2,1H3;3-6,10H,7-9,14H2,1-2H3;3,5,7,13H,2,4,6H2,1H3;3-5,8,12H,2,6-7H2,1H3;4H,2-3H2,1H3;/t23-;11-;;;;4-;/m11...0./s1. The van der Waals surface area contributed by atoms with Gasteiger partial charge in [0.15, 0.2) is 0 Å². The second kappa shape index (κ2) is 47.2. The number of carbonyl (C=O) groups excluding carboxylic acids is 4. The molecule has 2 aliphatic carbocycles. The summed E-state index contributed by atoms with van der Waals surface area (Å²) < 4.78 is 38.4. The molecule has 2 heterocycles. The predicted octanol–water partition coefficient (Wildman–Crippen LogP) is 17.2. The highest BCUT2D eigenvalue weighted by molar-refractivity contribution is 9.93. The molecule has 2 saturated heterocycles. The molecule has 3 atom stereocenters. The van der Waals surface area contributed by atoms with Crippen molar-refractivity contribution >= 4 is 99.7 Å². The van der Waals surface area contributed by atoms with Gasteiger partial charge >= 0.3 is 17.9 Å². The summed E-state index contributed by atoms with van der Waals surface area (Å²) in [6, 6.07) is 41.4. The van der Waals surface area contributed by atoms with Crippen molar-refractivity contribution in [2.75, 3.05) is 52.8 Å². The van der Waals surface area contributed by atoms with Crippen LogP contribution in [0.2, 0.25) is 0 Å². The maximum Gasteiger partial charge on any atom is 0.306 e. The zero-order valence-electron chi connectivity index (χ0n) is 59.6. The molecule has 4 aliphatic rings. The third kappa shape index (κ3) is 37.3. The lowest BCUT2D eigenvalue weighted by Gasteiger charge is -2.30. The van der Waals surface area contributed by atoms with E-state index in [4.69, 9.17) is 44.0 Å². The van der Waals surface area contributed by atoms with Crippen molar-refractivity contribution in [3.8, 4) is 23.0 Å². The van der Waals surface area contributed by atoms with E-state index >= 15 is 0 Å². The molecule has 0 spiro atoms. The van der Waals surface area contributed by atoms with Gasteiger partial charge in [0.05, 0.1) is 52.6 Å². The fourth-order valence-electron chi connectivity index (χ4n) is 11.2. The Balaban J connectivity index is 0.000000268. The number of nitrogens with two attached hydrogens (primary N) is 1. The fraction of sp³-hybridized carbons (Fsp3) is 0.494. The van der Waals surface area contributed by atoms with Crippen molar-refractivity contribution in [1.29, 1.82) is 0 Å². The fourth-order valence-corrected chi connectivity index (χ4v) is 12.2. The number of hydrogen-bond donors (Lipinski definition) is 5. The van der Waals surface area contributed by atoms with Crippen LogP contribution in [0.25, 0.3) is 0 Å². The Morgan fingerprint density at radius 3 is 1.35 bits per heavy atom. The predicted molar refractivity (Wildman–Crippen MR) is 415 cm³/mol. The van der Waals surface area contributed by atoms with Crippen LogP contribution >= 0.6 is 76.0 Å². The molecule has 0 unspecified atom stereocenters. The maximum absolute atomic E-state index is 11.3. The third-order valence-electron chi connectivity index (χ3n) is 16.3. The minimum atomic E-state index is -0.604. The number of epoxide rings is 2. The number of aliphatic hydroxyl groups is 1. The first-order chi connectivity index (χ1) is 47.7. The average molecular weight is 1710 g/mol. The number of aliphatic hydroxyl groups excluding tert-OH is 1. The van der Waals surface area contributed by atoms with Crippen molar-refractivity contribution in [3.05, 3.63) is 185 Å². The number of Topliss-reactive ketones (excluding diaryl/α,β-unsaturated/α-hetero) is 1. The summed E-state index contributed by atoms with van der Waals surface area (Å²) in [4.78, 5) is 44.6. The van der Waals surface area contributed by atoms with Crippen molar-refractivity contribution in [2.45, 2.75) is 188 Å². The van der Waals surface area contributed by atoms with Gasteiger partial charge < -0.3 is 64.3 Å². The minimum Gasteiger partial charge on any atom is -0.508 e. The van der Waals surface area contributed by atoms with E-state index in [1.54, 1.807) is 51.1 Å². The number of fused-ring (bicyclic) bond motifs is 2. The van der Waals surface area contributed by atoms with Gasteiger partial charge in [-0.05, 0) is 279 Å². The molecular weight excluding hydrogens is 1600 g/mol. The number of aromatic hydroxyl groups is 2. The Morgan fingerprint density at radius 1 is 0.550 bits per heavy atom. The third-order valence-corrected chi connectivity index (χ3v) is 18.2. The van der Waals surface area contributed by atoms with Crippen molar-refractivity contribution in [3.63, 3.8) is 0 Å². The van der Waals surface area contributed by atoms with E-state index in [1.165, 1.54) is 41.5 Å². The highest BCUT2D eigenvalue weighted by Gasteiger charge is 2.29. The maximum atomic E-state index is 11.3. The van der Waals surface area contributed by atoms with Gasteiger partial charge in [-0.25, -0.2) is 0 Å². The molecule has 6 aromatic rings. The lowest BCUT2D eigenvalue weighted by molar-refractivity contribution is -0.144. The van der Waals surface area contributed by atoms with Crippen LogP contribution in [-0.2, 0) is 94.2 Å². The number of hydrogen-bond acceptors (Lipinski definition) is 16. The lowest BCUT2D eigenvalue weighted by Crippen LogP contribution is -2.46. The molecule has 2 aliphatic heterocycles. The van der Waals surface area contributed by atoms with Crippen molar-refractivity contribution in [2.24, 2.45) is 17.6 Å². The molecule has 100 heavy (non-hydrogen) atoms. The number of benzene rings is 6. The summed E-state index contributed by atoms with van der Waals surface area (Å²) in [5.41, 5.74) is 16.0. The van der Waals surface area contributed by atoms with Gasteiger partial charge in [0, 0.05) is 71.6 Å². The molecule has 0 radical (unpaired) electrons. The van der Waals surface area contributed by atoms with Crippen LogP contribution < -0.4 is 20.5 Å². The van der Waals surface area contributed by atoms with Crippen LogP contribution in [0.15, 0.2) is 141 Å². The molecule has 0 aromatic heterocycles. The number of phenolic OH excluding ortho intramolecular Hbond substituents is 2. The van der Waals surface area contributed by atoms with Gasteiger partial charge in [-0.1, -0.05) is 85.8 Å². The number of carbonyl (C=O) groups is 4. The summed E-state index contributed by atoms with van der Waals surface area (Å²) >= 11 is 15.6. The van der Waals surface area contributed by atoms with E-state index in [2.05, 4.69) is 165 Å². The van der Waals surface area contributed by atoms with Crippen molar-refractivity contribution < 1.29 is 67.7 Å². The number of β-amino-alcohol motifs (C(OH)–C–C–N with tert-alkyl or cyclic N) is 1. The Kier molecular flexibility index (Phi) is 41.2. The van der Waals surface area contributed by atoms with Crippen LogP contribution in [0.1, 0.15) is 152 Å². The van der Waals surface area contributed by atoms with E-state index in [9.17, 15) is 29.4 Å². The number of ketones is 1. The largest absolute Gasteiger partial charge is 0.508 e. The van der Waals surface area contributed by atoms with Gasteiger partial charge in [0.2, 0.25) is 0 Å². The summed E-state index contributed by atoms with van der Waals surface area (Å²) in [6.45, 7) is 22.1. The SMILES string of the molecule is BrBr.CC(=O)CCc1ccc(Br)c(OC[C@H](O)CNC(C)(C)CC2Cc3ccccc3C2)c1.CC(C)(N)CC1Cc2ccccc2C1.CCOC(=O)CCc1ccc(Br)c(O)c1.CCOC(=O)CCc1ccc(Br)c(OC[C@H]2CO2)c1.CCOC(=O)CCc1cccc(O)c1.CC[C@H]1CO1. The molecule has 0 saturated carbocycles. The first-order valence-corrected chi connectivity index (χ1v) is 40.6. The number of nitrogens with one attached hydrogen (secondary N) is 1. The minimum absolute atomic E-state index is 0.0211. The summed E-state index contributed by atoms with van der Waals surface area (Å²) in [5, 5.41) is 32.6. The van der Waals surface area contributed by atoms with E-state index in [0.717, 1.165) is 81.8 Å². The molecule has 16 nitrogen and oxygen atoms in total. The quantitative estimate of drug-likeness (QED) is 0.0167. The molecule has 10 rings (SSSR count). The lowest BCUT2D eigenvalue weighted by atomic mass is 9.88. The van der Waals surface area contributed by atoms with Crippen LogP contribution in [0.5, 0.6) is 23.0 Å². The Hall–Kier alpha value is -5.20. The topological polar surface area (TPSA) is 238 Å². The van der Waals surface area contributed by atoms with Gasteiger partial charge in [-0.15, -0.1) is 0 Å². The zero-order chi connectivity index (χ0) is 73.6. The summed E-state index contributed by atoms with van der Waals surface area (Å²) in [7, 11) is 0. The van der Waals surface area contributed by atoms with E-state index in [1.807, 2.05) is 55.5 Å². The number of phenols is 2. The van der Waals surface area contributed by atoms with Crippen LogP contribution in [0.4, 0.5) is 0 Å². The van der Waals surface area contributed by atoms with Crippen molar-refractivity contribution in [1.82, 2.24) is 5.32 Å². The highest BCUT2D eigenvalue weighted by atomic mass is 80.9. The van der Waals surface area contributed by atoms with E-state index in [0.29, 0.717) is 107 Å². The van der Waals surface area contributed by atoms with Gasteiger partial charge in [0.25, 0.3) is 0 Å². The summed E-state index contributed by atoms with van der Waals surface area (Å²) in [5.74, 6) is 2.91. The molecule has 6 N–H and O–H groups in total. The van der Waals surface area contributed by atoms with Gasteiger partial charge in [-0.2, -0.15) is 0 Å². The number of rotatable bonds is 29. The Labute approximate surface area is 634 Å². The number of ether oxygens (including phenoxy) is 7. The Morgan fingerprint density at radius 2 is 0.960 bits per heavy atom. The monoisotopic (exact) mass is 1700 g/mol. The van der Waals surface area contributed by atoms with Crippen LogP contribution in [0, 0.1) is 11.8 Å². The summed E-state index contributed by atoms with van der Waals surface area (Å²) in [6.07, 6.45) is 12.5. The normalized spacial score (nSPS) is 14.9. The van der Waals surface area contributed by atoms with Gasteiger partial charge in [0.1, 0.15) is 54.2 Å². The van der Waals surface area contributed by atoms with Crippen LogP contribution in [-0.4, -0.2) is 121 Å². The average Bonchev–Trinajstić information content (AvgIpc) is 1.69. The second-order valence-electron chi connectivity index (χ2n) is 26.4. The smallest absolute Gasteiger partial charge is 0.306 e. The van der Waals surface area contributed by atoms with E-state index in [-0.39, 0.29) is 59.0 Å².